The molecule has 8 atom stereocenters. The molecular formula is C54H85N9O10. The smallest absolute Gasteiger partial charge is 0.253 e. The van der Waals surface area contributed by atoms with Crippen LogP contribution in [0.2, 0.25) is 0 Å². The number of hydrogen-bond donors (Lipinski definition) is 5. The quantitative estimate of drug-likeness (QED) is 0.0422. The molecule has 1 aromatic carbocycles. The number of carbonyl (C=O) groups is 8. The first-order valence-corrected chi connectivity index (χ1v) is 26.3. The predicted octanol–water partition coefficient (Wildman–Crippen LogP) is 4.26. The maximum atomic E-state index is 14.6. The molecule has 19 heteroatoms. The van der Waals surface area contributed by atoms with Crippen molar-refractivity contribution in [2.24, 2.45) is 23.7 Å². The normalized spacial score (nSPS) is 17.7. The molecule has 0 aliphatic carbocycles. The molecule has 406 valence electrons. The number of aromatic nitrogens is 1. The number of unbranched alkanes of at least 4 members (excludes halogenated alkanes) is 2. The molecule has 5 N–H and O–H groups in total. The summed E-state index contributed by atoms with van der Waals surface area (Å²) in [4.78, 5) is 115. The summed E-state index contributed by atoms with van der Waals surface area (Å²) in [6.07, 6.45) is 8.40. The first-order valence-electron chi connectivity index (χ1n) is 26.3. The molecule has 3 heterocycles. The van der Waals surface area contributed by atoms with E-state index in [0.29, 0.717) is 71.1 Å². The zero-order valence-electron chi connectivity index (χ0n) is 45.3. The van der Waals surface area contributed by atoms with Gasteiger partial charge in [-0.05, 0) is 81.5 Å². The zero-order valence-corrected chi connectivity index (χ0v) is 45.3. The van der Waals surface area contributed by atoms with Crippen molar-refractivity contribution < 1.29 is 47.8 Å². The maximum Gasteiger partial charge on any atom is 0.253 e. The van der Waals surface area contributed by atoms with Crippen molar-refractivity contribution in [2.75, 3.05) is 54.5 Å². The lowest BCUT2D eigenvalue weighted by molar-refractivity contribution is -0.148. The Balaban J connectivity index is 1.30. The highest BCUT2D eigenvalue weighted by Gasteiger charge is 2.43. The van der Waals surface area contributed by atoms with Gasteiger partial charge in [0.05, 0.1) is 42.7 Å². The highest BCUT2D eigenvalue weighted by molar-refractivity contribution is 6.12. The Labute approximate surface area is 432 Å². The Bertz CT molecular complexity index is 2190. The van der Waals surface area contributed by atoms with Crippen LogP contribution in [0.1, 0.15) is 118 Å². The number of aromatic amines is 1. The number of likely N-dealkylation sites (N-methyl/N-ethyl adjacent to an activating group) is 2. The second kappa shape index (κ2) is 29.3. The summed E-state index contributed by atoms with van der Waals surface area (Å²) >= 11 is 0. The van der Waals surface area contributed by atoms with E-state index in [0.717, 1.165) is 27.8 Å². The third kappa shape index (κ3) is 16.7. The van der Waals surface area contributed by atoms with Gasteiger partial charge in [-0.25, -0.2) is 0 Å². The molecule has 0 bridgehead atoms. The Hall–Kier alpha value is -5.66. The topological polar surface area (TPSA) is 232 Å². The molecule has 1 aromatic heterocycles. The second-order valence-electron chi connectivity index (χ2n) is 20.6. The van der Waals surface area contributed by atoms with Crippen molar-refractivity contribution in [3.63, 3.8) is 0 Å². The van der Waals surface area contributed by atoms with Gasteiger partial charge in [0.25, 0.3) is 11.8 Å². The average molecular weight is 1020 g/mol. The fourth-order valence-corrected chi connectivity index (χ4v) is 10.4. The third-order valence-electron chi connectivity index (χ3n) is 14.7. The van der Waals surface area contributed by atoms with Crippen LogP contribution in [0.5, 0.6) is 0 Å². The number of fused-ring (bicyclic) bond motifs is 1. The Morgan fingerprint density at radius 3 is 2.11 bits per heavy atom. The number of hydrazine groups is 1. The highest BCUT2D eigenvalue weighted by Crippen LogP contribution is 2.30. The van der Waals surface area contributed by atoms with Gasteiger partial charge in [0.15, 0.2) is 0 Å². The standard InChI is InChI=1S/C54H85N9O10/c1-12-36(6)50(42(72-10)32-47(68)62-31-18-22-41(62)51(73-11)37(7)52(69)55-28-27-38-33-56-40-21-16-15-20-39(38)40)61(9)54(71)48(34(2)3)57-53(70)49(35(4)5)60(8)29-19-24-44(65)59-58-43(64)23-14-13-17-30-63-45(66)25-26-46(63)67/h15-16,20-21,25-26,33-37,41-42,48-51,56H,12-14,17-19,22-24,27-32H2,1-11H3,(H,55,69)(H,57,70)(H,58,64)(H,59,65). The van der Waals surface area contributed by atoms with Crippen molar-refractivity contribution in [3.05, 3.63) is 48.2 Å². The summed E-state index contributed by atoms with van der Waals surface area (Å²) < 4.78 is 12.1. The molecule has 2 aromatic rings. The molecule has 1 saturated heterocycles. The number of para-hydroxylation sites is 1. The lowest BCUT2D eigenvalue weighted by Gasteiger charge is -2.41. The summed E-state index contributed by atoms with van der Waals surface area (Å²) in [6.45, 7) is 15.1. The minimum absolute atomic E-state index is 0.00230. The second-order valence-corrected chi connectivity index (χ2v) is 20.6. The molecule has 0 radical (unpaired) electrons. The van der Waals surface area contributed by atoms with Gasteiger partial charge in [0.1, 0.15) is 6.04 Å². The Morgan fingerprint density at radius 1 is 0.836 bits per heavy atom. The minimum atomic E-state index is -0.891. The van der Waals surface area contributed by atoms with E-state index in [-0.39, 0.29) is 90.3 Å². The fourth-order valence-electron chi connectivity index (χ4n) is 10.4. The molecule has 0 saturated carbocycles. The van der Waals surface area contributed by atoms with E-state index >= 15 is 0 Å². The summed E-state index contributed by atoms with van der Waals surface area (Å²) in [5, 5.41) is 7.27. The van der Waals surface area contributed by atoms with Crippen molar-refractivity contribution in [3.8, 4) is 0 Å². The SMILES string of the molecule is CCC(C)C(C(CC(=O)N1CCCC1C(OC)C(C)C(=O)NCCc1c[nH]c2ccccc12)OC)N(C)C(=O)C(NC(=O)C(C(C)C)N(C)CCCC(=O)NNC(=O)CCCCCN1C(=O)C=CC1=O)C(C)C. The summed E-state index contributed by atoms with van der Waals surface area (Å²) in [5.41, 5.74) is 7.04. The number of carbonyl (C=O) groups excluding carboxylic acids is 8. The molecule has 73 heavy (non-hydrogen) atoms. The molecule has 19 nitrogen and oxygen atoms in total. The molecule has 2 aliphatic heterocycles. The van der Waals surface area contributed by atoms with Crippen LogP contribution in [0.3, 0.4) is 0 Å². The number of likely N-dealkylation sites (tertiary alicyclic amines) is 1. The molecule has 8 amide bonds. The maximum absolute atomic E-state index is 14.6. The molecule has 1 fully saturated rings. The van der Waals surface area contributed by atoms with E-state index in [2.05, 4.69) is 32.5 Å². The number of nitrogens with zero attached hydrogens (tertiary/aromatic N) is 4. The first-order chi connectivity index (χ1) is 34.7. The highest BCUT2D eigenvalue weighted by atomic mass is 16.5. The number of rotatable bonds is 30. The number of hydrogen-bond acceptors (Lipinski definition) is 11. The van der Waals surface area contributed by atoms with Crippen molar-refractivity contribution in [1.29, 1.82) is 0 Å². The fraction of sp³-hybridized carbons (Fsp3) is 0.667. The molecule has 4 rings (SSSR count). The van der Waals surface area contributed by atoms with Gasteiger partial charge in [-0.1, -0.05) is 79.5 Å². The van der Waals surface area contributed by atoms with Crippen LogP contribution in [-0.4, -0.2) is 163 Å². The molecule has 8 unspecified atom stereocenters. The van der Waals surface area contributed by atoms with Crippen LogP contribution in [0.25, 0.3) is 10.9 Å². The van der Waals surface area contributed by atoms with Crippen LogP contribution in [0.15, 0.2) is 42.6 Å². The van der Waals surface area contributed by atoms with Crippen LogP contribution < -0.4 is 21.5 Å². The van der Waals surface area contributed by atoms with E-state index in [1.807, 2.05) is 82.7 Å². The van der Waals surface area contributed by atoms with Crippen molar-refractivity contribution in [1.82, 2.24) is 46.1 Å². The predicted molar refractivity (Wildman–Crippen MR) is 279 cm³/mol. The van der Waals surface area contributed by atoms with Crippen molar-refractivity contribution in [2.45, 2.75) is 155 Å². The van der Waals surface area contributed by atoms with Crippen LogP contribution in [-0.2, 0) is 54.3 Å². The number of benzene rings is 1. The average Bonchev–Trinajstić information content (AvgIpc) is 4.10. The van der Waals surface area contributed by atoms with Gasteiger partial charge in [-0.2, -0.15) is 0 Å². The lowest BCUT2D eigenvalue weighted by atomic mass is 9.89. The number of H-pyrrole nitrogens is 1. The van der Waals surface area contributed by atoms with E-state index < -0.39 is 36.3 Å². The number of imide groups is 1. The summed E-state index contributed by atoms with van der Waals surface area (Å²) in [7, 11) is 6.64. The molecule has 0 spiro atoms. The Kier molecular flexibility index (Phi) is 24.0. The van der Waals surface area contributed by atoms with Crippen molar-refractivity contribution >= 4 is 58.2 Å². The van der Waals surface area contributed by atoms with Gasteiger partial charge in [0.2, 0.25) is 35.4 Å². The Morgan fingerprint density at radius 2 is 1.49 bits per heavy atom. The largest absolute Gasteiger partial charge is 0.379 e. The van der Waals surface area contributed by atoms with Gasteiger partial charge in [-0.15, -0.1) is 0 Å². The van der Waals surface area contributed by atoms with E-state index in [4.69, 9.17) is 9.47 Å². The van der Waals surface area contributed by atoms with Crippen LogP contribution >= 0.6 is 0 Å². The van der Waals surface area contributed by atoms with Gasteiger partial charge in [0, 0.05) is 83.0 Å². The molecule has 2 aliphatic rings. The number of ether oxygens (including phenoxy) is 2. The molecular weight excluding hydrogens is 935 g/mol. The van der Waals surface area contributed by atoms with Crippen LogP contribution in [0, 0.1) is 23.7 Å². The van der Waals surface area contributed by atoms with Gasteiger partial charge in [-0.3, -0.25) is 59.0 Å². The minimum Gasteiger partial charge on any atom is -0.379 e. The first kappa shape index (κ1) is 59.9. The van der Waals surface area contributed by atoms with E-state index in [1.54, 1.807) is 33.2 Å². The monoisotopic (exact) mass is 1020 g/mol. The number of nitrogens with one attached hydrogen (secondary N) is 5. The number of amides is 8. The van der Waals surface area contributed by atoms with Crippen LogP contribution in [0.4, 0.5) is 0 Å². The third-order valence-corrected chi connectivity index (χ3v) is 14.7. The number of methoxy groups -OCH3 is 2. The van der Waals surface area contributed by atoms with E-state index in [1.165, 1.54) is 12.2 Å². The lowest BCUT2D eigenvalue weighted by Crippen LogP contribution is -2.60. The van der Waals surface area contributed by atoms with E-state index in [9.17, 15) is 38.4 Å². The summed E-state index contributed by atoms with van der Waals surface area (Å²) in [6, 6.07) is 5.69. The summed E-state index contributed by atoms with van der Waals surface area (Å²) in [5.74, 6) is -3.37. The van der Waals surface area contributed by atoms with Gasteiger partial charge < -0.3 is 34.9 Å². The van der Waals surface area contributed by atoms with Gasteiger partial charge >= 0.3 is 0 Å². The zero-order chi connectivity index (χ0) is 53.9.